The Morgan fingerprint density at radius 1 is 1.09 bits per heavy atom. The molecule has 0 aromatic heterocycles. The van der Waals surface area contributed by atoms with Crippen LogP contribution in [-0.4, -0.2) is 24.0 Å². The highest BCUT2D eigenvalue weighted by atomic mass is 16.5. The molecule has 1 N–H and O–H groups in total. The highest BCUT2D eigenvalue weighted by Crippen LogP contribution is 2.35. The van der Waals surface area contributed by atoms with Gasteiger partial charge in [-0.05, 0) is 53.7 Å². The Hall–Kier alpha value is -2.10. The summed E-state index contributed by atoms with van der Waals surface area (Å²) in [6.07, 6.45) is 1.52. The molecule has 0 spiro atoms. The summed E-state index contributed by atoms with van der Waals surface area (Å²) in [4.78, 5) is 23.3. The number of phenols is 1. The lowest BCUT2D eigenvalue weighted by Gasteiger charge is -2.16. The molecule has 1 aromatic carbocycles. The quantitative estimate of drug-likeness (QED) is 0.389. The minimum Gasteiger partial charge on any atom is -0.507 e. The maximum atomic E-state index is 11.7. The van der Waals surface area contributed by atoms with Crippen LogP contribution in [0.4, 0.5) is 0 Å². The highest BCUT2D eigenvalue weighted by Gasteiger charge is 2.18. The number of esters is 1. The van der Waals surface area contributed by atoms with Crippen LogP contribution in [0.25, 0.3) is 6.08 Å². The van der Waals surface area contributed by atoms with Crippen molar-refractivity contribution in [1.29, 1.82) is 0 Å². The molecule has 0 radical (unpaired) electrons. The van der Waals surface area contributed by atoms with Crippen molar-refractivity contribution < 1.29 is 19.4 Å². The zero-order valence-corrected chi connectivity index (χ0v) is 14.1. The Labute approximate surface area is 131 Å². The molecule has 0 aliphatic rings. The van der Waals surface area contributed by atoms with Crippen LogP contribution in [0, 0.1) is 0 Å². The monoisotopic (exact) mass is 304 g/mol. The molecule has 4 nitrogen and oxygen atoms in total. The number of ether oxygens (including phenoxy) is 1. The van der Waals surface area contributed by atoms with Crippen molar-refractivity contribution in [3.05, 3.63) is 34.4 Å². The lowest BCUT2D eigenvalue weighted by atomic mass is 9.91. The molecule has 1 rings (SSSR count). The molecule has 0 aliphatic heterocycles. The van der Waals surface area contributed by atoms with Gasteiger partial charge < -0.3 is 9.84 Å². The molecule has 120 valence electrons. The Bertz CT molecular complexity index is 581. The smallest absolute Gasteiger partial charge is 0.341 e. The van der Waals surface area contributed by atoms with Crippen molar-refractivity contribution in [2.45, 2.75) is 46.5 Å². The molecular formula is C18H24O4. The van der Waals surface area contributed by atoms with Crippen LogP contribution in [0.3, 0.4) is 0 Å². The van der Waals surface area contributed by atoms with Crippen molar-refractivity contribution in [3.63, 3.8) is 0 Å². The Morgan fingerprint density at radius 3 is 1.86 bits per heavy atom. The first-order chi connectivity index (χ1) is 10.2. The van der Waals surface area contributed by atoms with Gasteiger partial charge in [-0.2, -0.15) is 0 Å². The summed E-state index contributed by atoms with van der Waals surface area (Å²) >= 11 is 0. The van der Waals surface area contributed by atoms with Gasteiger partial charge in [0.05, 0.1) is 7.11 Å². The number of phenolic OH excluding ortho intramolecular Hbond substituents is 1. The molecule has 0 fully saturated rings. The van der Waals surface area contributed by atoms with Crippen LogP contribution in [0.1, 0.15) is 63.1 Å². The van der Waals surface area contributed by atoms with Gasteiger partial charge in [-0.25, -0.2) is 4.79 Å². The van der Waals surface area contributed by atoms with Crippen molar-refractivity contribution in [1.82, 2.24) is 0 Å². The summed E-state index contributed by atoms with van der Waals surface area (Å²) in [6, 6.07) is 3.61. The summed E-state index contributed by atoms with van der Waals surface area (Å²) in [5, 5.41) is 10.4. The number of hydrogen-bond donors (Lipinski definition) is 1. The van der Waals surface area contributed by atoms with Gasteiger partial charge in [0.1, 0.15) is 11.3 Å². The Morgan fingerprint density at radius 2 is 1.55 bits per heavy atom. The van der Waals surface area contributed by atoms with E-state index in [1.807, 2.05) is 27.7 Å². The van der Waals surface area contributed by atoms with Crippen LogP contribution in [0.2, 0.25) is 0 Å². The second-order valence-electron chi connectivity index (χ2n) is 5.96. The minimum atomic E-state index is -0.655. The molecule has 0 saturated carbocycles. The fraction of sp³-hybridized carbons (Fsp3) is 0.444. The third-order valence-corrected chi connectivity index (χ3v) is 3.53. The molecule has 0 amide bonds. The van der Waals surface area contributed by atoms with Crippen LogP contribution >= 0.6 is 0 Å². The van der Waals surface area contributed by atoms with Crippen molar-refractivity contribution >= 4 is 17.8 Å². The average Bonchev–Trinajstić information content (AvgIpc) is 2.44. The number of hydrogen-bond acceptors (Lipinski definition) is 4. The first-order valence-corrected chi connectivity index (χ1v) is 7.36. The number of carbonyl (C=O) groups excluding carboxylic acids is 2. The summed E-state index contributed by atoms with van der Waals surface area (Å²) in [5.74, 6) is -0.464. The Balaban J connectivity index is 3.53. The van der Waals surface area contributed by atoms with E-state index in [0.29, 0.717) is 5.56 Å². The van der Waals surface area contributed by atoms with Crippen molar-refractivity contribution in [3.8, 4) is 5.75 Å². The SMILES string of the molecule is COC(=O)/C(=C/c1cc(C(C)C)c(O)c(C(C)C)c1)C(C)=O. The van der Waals surface area contributed by atoms with E-state index in [4.69, 9.17) is 0 Å². The van der Waals surface area contributed by atoms with Gasteiger partial charge in [0.2, 0.25) is 0 Å². The van der Waals surface area contributed by atoms with Crippen LogP contribution in [0.5, 0.6) is 5.75 Å². The maximum Gasteiger partial charge on any atom is 0.341 e. The van der Waals surface area contributed by atoms with Crippen LogP contribution < -0.4 is 0 Å². The molecule has 1 aromatic rings. The predicted octanol–water partition coefficient (Wildman–Crippen LogP) is 3.78. The standard InChI is InChI=1S/C18H24O4/c1-10(2)14-7-13(8-15(11(3)4)17(14)20)9-16(12(5)19)18(21)22-6/h7-11,20H,1-6H3/b16-9+. The highest BCUT2D eigenvalue weighted by molar-refractivity contribution is 6.19. The molecule has 22 heavy (non-hydrogen) atoms. The predicted molar refractivity (Wildman–Crippen MR) is 87.0 cm³/mol. The molecule has 0 aliphatic carbocycles. The van der Waals surface area contributed by atoms with E-state index in [0.717, 1.165) is 11.1 Å². The first kappa shape index (κ1) is 18.0. The normalized spacial score (nSPS) is 11.9. The van der Waals surface area contributed by atoms with E-state index >= 15 is 0 Å². The summed E-state index contributed by atoms with van der Waals surface area (Å²) < 4.78 is 4.65. The number of aromatic hydroxyl groups is 1. The van der Waals surface area contributed by atoms with Gasteiger partial charge in [0, 0.05) is 0 Å². The topological polar surface area (TPSA) is 63.6 Å². The fourth-order valence-corrected chi connectivity index (χ4v) is 2.25. The molecule has 0 bridgehead atoms. The van der Waals surface area contributed by atoms with E-state index in [9.17, 15) is 14.7 Å². The summed E-state index contributed by atoms with van der Waals surface area (Å²) in [7, 11) is 1.25. The maximum absolute atomic E-state index is 11.7. The number of Topliss-reactive ketones (excluding diaryl/α,β-unsaturated/α-hetero) is 1. The number of rotatable bonds is 5. The number of carbonyl (C=O) groups is 2. The van der Waals surface area contributed by atoms with Crippen LogP contribution in [-0.2, 0) is 14.3 Å². The lowest BCUT2D eigenvalue weighted by Crippen LogP contribution is -2.11. The van der Waals surface area contributed by atoms with Crippen molar-refractivity contribution in [2.75, 3.05) is 7.11 Å². The molecule has 0 saturated heterocycles. The van der Waals surface area contributed by atoms with Gasteiger partial charge in [0.15, 0.2) is 5.78 Å². The molecule has 0 heterocycles. The summed E-state index contributed by atoms with van der Waals surface area (Å²) in [5.41, 5.74) is 2.30. The second kappa shape index (κ2) is 7.25. The zero-order valence-electron chi connectivity index (χ0n) is 14.1. The van der Waals surface area contributed by atoms with Crippen LogP contribution in [0.15, 0.2) is 17.7 Å². The largest absolute Gasteiger partial charge is 0.507 e. The van der Waals surface area contributed by atoms with E-state index in [2.05, 4.69) is 4.74 Å². The van der Waals surface area contributed by atoms with Gasteiger partial charge in [-0.15, -0.1) is 0 Å². The summed E-state index contributed by atoms with van der Waals surface area (Å²) in [6.45, 7) is 9.27. The van der Waals surface area contributed by atoms with Gasteiger partial charge >= 0.3 is 5.97 Å². The molecule has 0 atom stereocenters. The van der Waals surface area contributed by atoms with Gasteiger partial charge in [0.25, 0.3) is 0 Å². The second-order valence-corrected chi connectivity index (χ2v) is 5.96. The number of benzene rings is 1. The zero-order chi connectivity index (χ0) is 17.0. The lowest BCUT2D eigenvalue weighted by molar-refractivity contribution is -0.137. The number of methoxy groups -OCH3 is 1. The first-order valence-electron chi connectivity index (χ1n) is 7.36. The van der Waals surface area contributed by atoms with Crippen molar-refractivity contribution in [2.24, 2.45) is 0 Å². The van der Waals surface area contributed by atoms with E-state index in [1.165, 1.54) is 20.1 Å². The average molecular weight is 304 g/mol. The van der Waals surface area contributed by atoms with Gasteiger partial charge in [-0.3, -0.25) is 4.79 Å². The minimum absolute atomic E-state index is 0.00222. The molecule has 0 unspecified atom stereocenters. The third kappa shape index (κ3) is 3.97. The molecular weight excluding hydrogens is 280 g/mol. The molecule has 4 heteroatoms. The Kier molecular flexibility index (Phi) is 5.92. The fourth-order valence-electron chi connectivity index (χ4n) is 2.25. The van der Waals surface area contributed by atoms with E-state index < -0.39 is 5.97 Å². The third-order valence-electron chi connectivity index (χ3n) is 3.53. The number of ketones is 1. The van der Waals surface area contributed by atoms with E-state index in [-0.39, 0.29) is 28.9 Å². The van der Waals surface area contributed by atoms with E-state index in [1.54, 1.807) is 12.1 Å². The van der Waals surface area contributed by atoms with Gasteiger partial charge in [-0.1, -0.05) is 27.7 Å².